The fourth-order valence-electron chi connectivity index (χ4n) is 3.32. The molecule has 3 nitrogen and oxygen atoms in total. The summed E-state index contributed by atoms with van der Waals surface area (Å²) >= 11 is 12.0. The third kappa shape index (κ3) is 5.19. The Hall–Kier alpha value is -1.76. The summed E-state index contributed by atoms with van der Waals surface area (Å²) in [4.78, 5) is 14.7. The molecule has 0 atom stereocenters. The standard InChI is InChI=1S/C20H19Cl2F3N2O/c21-16-6-5-13(11-17(16)22)12-27-9-7-14(8-10-27)19(28)26-18-4-2-1-3-15(18)20(23,24)25/h1-6,11,14H,7-10,12H2,(H,26,28). The van der Waals surface area contributed by atoms with E-state index in [0.29, 0.717) is 42.5 Å². The maximum Gasteiger partial charge on any atom is 0.418 e. The maximum absolute atomic E-state index is 13.1. The van der Waals surface area contributed by atoms with Gasteiger partial charge in [-0.1, -0.05) is 41.4 Å². The van der Waals surface area contributed by atoms with Crippen LogP contribution in [0.1, 0.15) is 24.0 Å². The molecule has 1 N–H and O–H groups in total. The summed E-state index contributed by atoms with van der Waals surface area (Å²) in [5.41, 5.74) is -0.00459. The smallest absolute Gasteiger partial charge is 0.325 e. The van der Waals surface area contributed by atoms with Crippen LogP contribution in [0, 0.1) is 5.92 Å². The second kappa shape index (κ2) is 8.72. The summed E-state index contributed by atoms with van der Waals surface area (Å²) in [6, 6.07) is 10.5. The Kier molecular flexibility index (Phi) is 6.53. The van der Waals surface area contributed by atoms with Crippen molar-refractivity contribution in [2.45, 2.75) is 25.6 Å². The van der Waals surface area contributed by atoms with Crippen LogP contribution in [0.15, 0.2) is 42.5 Å². The summed E-state index contributed by atoms with van der Waals surface area (Å²) in [6.07, 6.45) is -3.34. The molecule has 0 bridgehead atoms. The minimum absolute atomic E-state index is 0.196. The lowest BCUT2D eigenvalue weighted by molar-refractivity contribution is -0.137. The van der Waals surface area contributed by atoms with Gasteiger partial charge < -0.3 is 5.32 Å². The Morgan fingerprint density at radius 2 is 1.75 bits per heavy atom. The van der Waals surface area contributed by atoms with E-state index >= 15 is 0 Å². The van der Waals surface area contributed by atoms with E-state index in [9.17, 15) is 18.0 Å². The number of nitrogens with zero attached hydrogens (tertiary/aromatic N) is 1. The summed E-state index contributed by atoms with van der Waals surface area (Å²) < 4.78 is 39.2. The second-order valence-corrected chi connectivity index (χ2v) is 7.65. The van der Waals surface area contributed by atoms with Crippen molar-refractivity contribution in [3.05, 3.63) is 63.6 Å². The van der Waals surface area contributed by atoms with Gasteiger partial charge in [-0.25, -0.2) is 0 Å². The first kappa shape index (κ1) is 21.0. The number of halogens is 5. The number of para-hydroxylation sites is 1. The van der Waals surface area contributed by atoms with E-state index in [1.807, 2.05) is 12.1 Å². The number of carbonyl (C=O) groups is 1. The van der Waals surface area contributed by atoms with E-state index in [0.717, 1.165) is 11.6 Å². The third-order valence-corrected chi connectivity index (χ3v) is 5.58. The van der Waals surface area contributed by atoms with Crippen molar-refractivity contribution < 1.29 is 18.0 Å². The average molecular weight is 431 g/mol. The Morgan fingerprint density at radius 1 is 1.07 bits per heavy atom. The Morgan fingerprint density at radius 3 is 2.39 bits per heavy atom. The predicted octanol–water partition coefficient (Wildman–Crippen LogP) is 5.86. The Labute approximate surface area is 171 Å². The fourth-order valence-corrected chi connectivity index (χ4v) is 3.64. The van der Waals surface area contributed by atoms with Gasteiger partial charge in [0, 0.05) is 12.5 Å². The number of benzene rings is 2. The van der Waals surface area contributed by atoms with Gasteiger partial charge in [-0.3, -0.25) is 9.69 Å². The Bertz CT molecular complexity index is 850. The number of rotatable bonds is 4. The van der Waals surface area contributed by atoms with Gasteiger partial charge in [0.1, 0.15) is 0 Å². The van der Waals surface area contributed by atoms with Crippen molar-refractivity contribution >= 4 is 34.8 Å². The second-order valence-electron chi connectivity index (χ2n) is 6.83. The number of carbonyl (C=O) groups excluding carboxylic acids is 1. The van der Waals surface area contributed by atoms with Gasteiger partial charge in [-0.05, 0) is 55.8 Å². The number of alkyl halides is 3. The molecule has 2 aromatic rings. The third-order valence-electron chi connectivity index (χ3n) is 4.84. The lowest BCUT2D eigenvalue weighted by atomic mass is 9.95. The van der Waals surface area contributed by atoms with Gasteiger partial charge >= 0.3 is 6.18 Å². The van der Waals surface area contributed by atoms with Crippen molar-refractivity contribution in [3.63, 3.8) is 0 Å². The molecule has 1 heterocycles. The van der Waals surface area contributed by atoms with Crippen LogP contribution in [0.2, 0.25) is 10.0 Å². The van der Waals surface area contributed by atoms with Crippen LogP contribution in [0.3, 0.4) is 0 Å². The molecule has 0 unspecified atom stereocenters. The molecule has 1 fully saturated rings. The van der Waals surface area contributed by atoms with Crippen LogP contribution in [-0.2, 0) is 17.5 Å². The maximum atomic E-state index is 13.1. The van der Waals surface area contributed by atoms with Crippen LogP contribution in [0.5, 0.6) is 0 Å². The zero-order chi connectivity index (χ0) is 20.3. The van der Waals surface area contributed by atoms with Gasteiger partial charge in [-0.2, -0.15) is 13.2 Å². The molecular weight excluding hydrogens is 412 g/mol. The number of anilines is 1. The molecule has 3 rings (SSSR count). The average Bonchev–Trinajstić information content (AvgIpc) is 2.65. The van der Waals surface area contributed by atoms with E-state index in [4.69, 9.17) is 23.2 Å². The molecule has 0 radical (unpaired) electrons. The lowest BCUT2D eigenvalue weighted by Gasteiger charge is -2.31. The number of hydrogen-bond donors (Lipinski definition) is 1. The van der Waals surface area contributed by atoms with Crippen LogP contribution in [-0.4, -0.2) is 23.9 Å². The summed E-state index contributed by atoms with van der Waals surface area (Å²) in [5.74, 6) is -0.683. The van der Waals surface area contributed by atoms with Gasteiger partial charge in [0.05, 0.1) is 21.3 Å². The normalized spacial score (nSPS) is 16.2. The predicted molar refractivity (Wildman–Crippen MR) is 105 cm³/mol. The first-order chi connectivity index (χ1) is 13.2. The highest BCUT2D eigenvalue weighted by Gasteiger charge is 2.34. The van der Waals surface area contributed by atoms with Gasteiger partial charge in [0.15, 0.2) is 0 Å². The molecule has 150 valence electrons. The van der Waals surface area contributed by atoms with E-state index in [1.165, 1.54) is 18.2 Å². The minimum atomic E-state index is -4.51. The zero-order valence-electron chi connectivity index (χ0n) is 14.9. The SMILES string of the molecule is O=C(Nc1ccccc1C(F)(F)F)C1CCN(Cc2ccc(Cl)c(Cl)c2)CC1. The molecule has 28 heavy (non-hydrogen) atoms. The fraction of sp³-hybridized carbons (Fsp3) is 0.350. The molecule has 1 aliphatic heterocycles. The van der Waals surface area contributed by atoms with Crippen molar-refractivity contribution in [1.82, 2.24) is 4.90 Å². The van der Waals surface area contributed by atoms with Gasteiger partial charge in [0.25, 0.3) is 0 Å². The first-order valence-electron chi connectivity index (χ1n) is 8.87. The summed E-state index contributed by atoms with van der Waals surface area (Å²) in [5, 5.41) is 3.45. The molecule has 1 saturated heterocycles. The highest BCUT2D eigenvalue weighted by molar-refractivity contribution is 6.42. The van der Waals surface area contributed by atoms with Crippen molar-refractivity contribution in [2.24, 2.45) is 5.92 Å². The van der Waals surface area contributed by atoms with Crippen molar-refractivity contribution in [2.75, 3.05) is 18.4 Å². The van der Waals surface area contributed by atoms with Gasteiger partial charge in [-0.15, -0.1) is 0 Å². The first-order valence-corrected chi connectivity index (χ1v) is 9.63. The molecule has 1 amide bonds. The summed E-state index contributed by atoms with van der Waals surface area (Å²) in [6.45, 7) is 2.04. The van der Waals surface area contributed by atoms with E-state index < -0.39 is 11.7 Å². The lowest BCUT2D eigenvalue weighted by Crippen LogP contribution is -2.38. The van der Waals surface area contributed by atoms with Crippen molar-refractivity contribution in [3.8, 4) is 0 Å². The molecule has 1 aliphatic rings. The molecule has 0 spiro atoms. The Balaban J connectivity index is 1.56. The summed E-state index contributed by atoms with van der Waals surface area (Å²) in [7, 11) is 0. The molecular formula is C20H19Cl2F3N2O. The number of nitrogens with one attached hydrogen (secondary N) is 1. The molecule has 0 aliphatic carbocycles. The minimum Gasteiger partial charge on any atom is -0.325 e. The largest absolute Gasteiger partial charge is 0.418 e. The zero-order valence-corrected chi connectivity index (χ0v) is 16.4. The molecule has 0 saturated carbocycles. The molecule has 8 heteroatoms. The quantitative estimate of drug-likeness (QED) is 0.658. The number of likely N-dealkylation sites (tertiary alicyclic amines) is 1. The van der Waals surface area contributed by atoms with E-state index in [-0.39, 0.29) is 17.5 Å². The number of amides is 1. The monoisotopic (exact) mass is 430 g/mol. The molecule has 2 aromatic carbocycles. The highest BCUT2D eigenvalue weighted by atomic mass is 35.5. The highest BCUT2D eigenvalue weighted by Crippen LogP contribution is 2.35. The van der Waals surface area contributed by atoms with Crippen LogP contribution < -0.4 is 5.32 Å². The van der Waals surface area contributed by atoms with E-state index in [2.05, 4.69) is 10.2 Å². The van der Waals surface area contributed by atoms with Crippen LogP contribution in [0.4, 0.5) is 18.9 Å². The number of hydrogen-bond acceptors (Lipinski definition) is 2. The van der Waals surface area contributed by atoms with Gasteiger partial charge in [0.2, 0.25) is 5.91 Å². The van der Waals surface area contributed by atoms with E-state index in [1.54, 1.807) is 6.07 Å². The molecule has 0 aromatic heterocycles. The topological polar surface area (TPSA) is 32.3 Å². The van der Waals surface area contributed by atoms with Crippen molar-refractivity contribution in [1.29, 1.82) is 0 Å². The van der Waals surface area contributed by atoms with Crippen LogP contribution in [0.25, 0.3) is 0 Å². The number of piperidine rings is 1. The van der Waals surface area contributed by atoms with Crippen LogP contribution >= 0.6 is 23.2 Å².